The first-order valence-electron chi connectivity index (χ1n) is 10.1. The average Bonchev–Trinajstić information content (AvgIpc) is 3.17. The van der Waals surface area contributed by atoms with Crippen molar-refractivity contribution in [1.29, 1.82) is 0 Å². The van der Waals surface area contributed by atoms with Gasteiger partial charge in [0, 0.05) is 36.8 Å². The fraction of sp³-hybridized carbons (Fsp3) is 0.292. The van der Waals surface area contributed by atoms with Crippen molar-refractivity contribution in [2.75, 3.05) is 18.0 Å². The van der Waals surface area contributed by atoms with E-state index in [1.54, 1.807) is 0 Å². The van der Waals surface area contributed by atoms with Gasteiger partial charge < -0.3 is 15.3 Å². The highest BCUT2D eigenvalue weighted by Crippen LogP contribution is 2.29. The molecule has 0 aromatic heterocycles. The number of carbonyl (C=O) groups is 1. The van der Waals surface area contributed by atoms with Gasteiger partial charge in [-0.2, -0.15) is 0 Å². The molecule has 2 N–H and O–H groups in total. The minimum Gasteiger partial charge on any atom is -0.481 e. The number of halogens is 2. The standard InChI is InChI=1S/C24H24F2N2O2/c1-15(19-8-4-6-16-5-2-3-7-20(16)19)27-18-9-10-28(14-18)23-11-17(12-24(29)30)21(25)13-22(23)26/h2-8,11,13,15,18,27H,9-10,12,14H2,1H3,(H,29,30)/t15-,18+/m1/s1. The van der Waals surface area contributed by atoms with E-state index >= 15 is 0 Å². The van der Waals surface area contributed by atoms with Crippen molar-refractivity contribution in [2.24, 2.45) is 0 Å². The SMILES string of the molecule is C[C@@H](N[C@H]1CCN(c2cc(CC(=O)O)c(F)cc2F)C1)c1cccc2ccccc12. The lowest BCUT2D eigenvalue weighted by Gasteiger charge is -2.23. The Morgan fingerprint density at radius 3 is 2.73 bits per heavy atom. The van der Waals surface area contributed by atoms with Crippen LogP contribution in [0.5, 0.6) is 0 Å². The Balaban J connectivity index is 1.49. The van der Waals surface area contributed by atoms with Crippen LogP contribution in [-0.2, 0) is 11.2 Å². The van der Waals surface area contributed by atoms with Crippen LogP contribution in [0.4, 0.5) is 14.5 Å². The fourth-order valence-corrected chi connectivity index (χ4v) is 4.31. The molecule has 6 heteroatoms. The molecular formula is C24H24F2N2O2. The molecule has 30 heavy (non-hydrogen) atoms. The zero-order valence-electron chi connectivity index (χ0n) is 16.7. The van der Waals surface area contributed by atoms with Crippen LogP contribution in [0.3, 0.4) is 0 Å². The minimum atomic E-state index is -1.14. The maximum absolute atomic E-state index is 14.4. The lowest BCUT2D eigenvalue weighted by Crippen LogP contribution is -2.34. The highest BCUT2D eigenvalue weighted by molar-refractivity contribution is 5.86. The first-order chi connectivity index (χ1) is 14.4. The summed E-state index contributed by atoms with van der Waals surface area (Å²) in [6.45, 7) is 3.31. The van der Waals surface area contributed by atoms with Gasteiger partial charge in [0.1, 0.15) is 11.6 Å². The van der Waals surface area contributed by atoms with Crippen LogP contribution in [0.25, 0.3) is 10.8 Å². The first kappa shape index (κ1) is 20.3. The van der Waals surface area contributed by atoms with E-state index in [2.05, 4.69) is 42.6 Å². The molecule has 4 nitrogen and oxygen atoms in total. The summed E-state index contributed by atoms with van der Waals surface area (Å²) in [5, 5.41) is 15.0. The van der Waals surface area contributed by atoms with Crippen molar-refractivity contribution in [3.63, 3.8) is 0 Å². The number of fused-ring (bicyclic) bond motifs is 1. The van der Waals surface area contributed by atoms with Crippen LogP contribution >= 0.6 is 0 Å². The molecule has 4 rings (SSSR count). The van der Waals surface area contributed by atoms with E-state index < -0.39 is 24.0 Å². The van der Waals surface area contributed by atoms with Gasteiger partial charge in [0.2, 0.25) is 0 Å². The topological polar surface area (TPSA) is 52.6 Å². The van der Waals surface area contributed by atoms with Gasteiger partial charge in [-0.05, 0) is 35.7 Å². The molecule has 0 spiro atoms. The molecule has 0 amide bonds. The van der Waals surface area contributed by atoms with Crippen LogP contribution in [0.1, 0.15) is 30.5 Å². The van der Waals surface area contributed by atoms with Crippen LogP contribution in [0.15, 0.2) is 54.6 Å². The third kappa shape index (κ3) is 4.14. The van der Waals surface area contributed by atoms with Crippen molar-refractivity contribution in [2.45, 2.75) is 31.8 Å². The quantitative estimate of drug-likeness (QED) is 0.620. The van der Waals surface area contributed by atoms with Crippen molar-refractivity contribution in [3.8, 4) is 0 Å². The van der Waals surface area contributed by atoms with Gasteiger partial charge in [0.15, 0.2) is 0 Å². The predicted molar refractivity (Wildman–Crippen MR) is 114 cm³/mol. The van der Waals surface area contributed by atoms with Crippen molar-refractivity contribution in [1.82, 2.24) is 5.32 Å². The minimum absolute atomic E-state index is 0.000525. The third-order valence-electron chi connectivity index (χ3n) is 5.76. The largest absolute Gasteiger partial charge is 0.481 e. The maximum atomic E-state index is 14.4. The monoisotopic (exact) mass is 410 g/mol. The summed E-state index contributed by atoms with van der Waals surface area (Å²) in [4.78, 5) is 12.8. The summed E-state index contributed by atoms with van der Waals surface area (Å²) < 4.78 is 28.3. The number of carboxylic acids is 1. The smallest absolute Gasteiger partial charge is 0.307 e. The van der Waals surface area contributed by atoms with E-state index in [9.17, 15) is 13.6 Å². The highest BCUT2D eigenvalue weighted by Gasteiger charge is 2.27. The Labute approximate surface area is 174 Å². The molecule has 3 aromatic carbocycles. The van der Waals surface area contributed by atoms with Crippen LogP contribution in [0, 0.1) is 11.6 Å². The molecule has 1 aliphatic heterocycles. The maximum Gasteiger partial charge on any atom is 0.307 e. The van der Waals surface area contributed by atoms with E-state index in [1.165, 1.54) is 22.4 Å². The second-order valence-corrected chi connectivity index (χ2v) is 7.85. The van der Waals surface area contributed by atoms with Gasteiger partial charge in [-0.25, -0.2) is 8.78 Å². The van der Waals surface area contributed by atoms with E-state index in [0.717, 1.165) is 12.5 Å². The van der Waals surface area contributed by atoms with Gasteiger partial charge in [0.05, 0.1) is 12.1 Å². The second kappa shape index (κ2) is 8.40. The number of aliphatic carboxylic acids is 1. The first-order valence-corrected chi connectivity index (χ1v) is 10.1. The zero-order valence-corrected chi connectivity index (χ0v) is 16.7. The van der Waals surface area contributed by atoms with Crippen molar-refractivity contribution >= 4 is 22.4 Å². The number of anilines is 1. The third-order valence-corrected chi connectivity index (χ3v) is 5.76. The Kier molecular flexibility index (Phi) is 5.68. The van der Waals surface area contributed by atoms with Crippen molar-refractivity contribution in [3.05, 3.63) is 77.4 Å². The molecule has 0 saturated carbocycles. The molecule has 0 aliphatic carbocycles. The normalized spacial score (nSPS) is 17.4. The number of carboxylic acid groups (broad SMARTS) is 1. The molecule has 0 unspecified atom stereocenters. The molecular weight excluding hydrogens is 386 g/mol. The number of nitrogens with one attached hydrogen (secondary N) is 1. The second-order valence-electron chi connectivity index (χ2n) is 7.85. The summed E-state index contributed by atoms with van der Waals surface area (Å²) in [6.07, 6.45) is 0.354. The molecule has 156 valence electrons. The Bertz CT molecular complexity index is 1080. The molecule has 3 aromatic rings. The molecule has 0 bridgehead atoms. The van der Waals surface area contributed by atoms with E-state index in [-0.39, 0.29) is 23.3 Å². The lowest BCUT2D eigenvalue weighted by atomic mass is 9.99. The lowest BCUT2D eigenvalue weighted by molar-refractivity contribution is -0.136. The van der Waals surface area contributed by atoms with Gasteiger partial charge in [0.25, 0.3) is 0 Å². The number of nitrogens with zero attached hydrogens (tertiary/aromatic N) is 1. The van der Waals surface area contributed by atoms with Crippen LogP contribution < -0.4 is 10.2 Å². The Morgan fingerprint density at radius 2 is 1.93 bits per heavy atom. The fourth-order valence-electron chi connectivity index (χ4n) is 4.31. The van der Waals surface area contributed by atoms with Crippen LogP contribution in [-0.4, -0.2) is 30.2 Å². The zero-order chi connectivity index (χ0) is 21.3. The van der Waals surface area contributed by atoms with Gasteiger partial charge in [-0.1, -0.05) is 42.5 Å². The van der Waals surface area contributed by atoms with Crippen LogP contribution in [0.2, 0.25) is 0 Å². The summed E-state index contributed by atoms with van der Waals surface area (Å²) in [7, 11) is 0. The van der Waals surface area contributed by atoms with E-state index in [1.807, 2.05) is 17.0 Å². The summed E-state index contributed by atoms with van der Waals surface area (Å²) in [6, 6.07) is 16.9. The predicted octanol–water partition coefficient (Wildman–Crippen LogP) is 4.67. The molecule has 2 atom stereocenters. The van der Waals surface area contributed by atoms with Crippen molar-refractivity contribution < 1.29 is 18.7 Å². The molecule has 0 radical (unpaired) electrons. The Hall–Kier alpha value is -2.99. The number of hydrogen-bond donors (Lipinski definition) is 2. The summed E-state index contributed by atoms with van der Waals surface area (Å²) in [5.74, 6) is -2.63. The Morgan fingerprint density at radius 1 is 1.17 bits per heavy atom. The number of hydrogen-bond acceptors (Lipinski definition) is 3. The van der Waals surface area contributed by atoms with E-state index in [0.29, 0.717) is 13.1 Å². The molecule has 1 fully saturated rings. The summed E-state index contributed by atoms with van der Waals surface area (Å²) in [5.41, 5.74) is 1.47. The average molecular weight is 410 g/mol. The molecule has 1 saturated heterocycles. The molecule has 1 heterocycles. The molecule has 1 aliphatic rings. The number of benzene rings is 3. The summed E-state index contributed by atoms with van der Waals surface area (Å²) >= 11 is 0. The van der Waals surface area contributed by atoms with Gasteiger partial charge in [-0.3, -0.25) is 4.79 Å². The highest BCUT2D eigenvalue weighted by atomic mass is 19.1. The van der Waals surface area contributed by atoms with Gasteiger partial charge >= 0.3 is 5.97 Å². The number of rotatable bonds is 6. The van der Waals surface area contributed by atoms with Gasteiger partial charge in [-0.15, -0.1) is 0 Å². The van der Waals surface area contributed by atoms with E-state index in [4.69, 9.17) is 5.11 Å².